The van der Waals surface area contributed by atoms with E-state index in [2.05, 4.69) is 0 Å². The highest BCUT2D eigenvalue weighted by Gasteiger charge is 2.12. The van der Waals surface area contributed by atoms with E-state index in [1.54, 1.807) is 24.3 Å². The monoisotopic (exact) mass is 326 g/mol. The van der Waals surface area contributed by atoms with Gasteiger partial charge in [0.15, 0.2) is 5.78 Å². The number of thiophene rings is 1. The quantitative estimate of drug-likeness (QED) is 0.686. The highest BCUT2D eigenvalue weighted by Crippen LogP contribution is 2.31. The first-order valence-electron chi connectivity index (χ1n) is 7.20. The van der Waals surface area contributed by atoms with Crippen molar-refractivity contribution in [3.8, 4) is 16.2 Å². The van der Waals surface area contributed by atoms with E-state index in [0.717, 1.165) is 16.0 Å². The number of phenols is 1. The van der Waals surface area contributed by atoms with Gasteiger partial charge in [-0.2, -0.15) is 0 Å². The molecule has 0 radical (unpaired) electrons. The van der Waals surface area contributed by atoms with Gasteiger partial charge in [-0.15, -0.1) is 11.3 Å². The number of aryl methyl sites for hydroxylation is 1. The van der Waals surface area contributed by atoms with Crippen molar-refractivity contribution in [2.45, 2.75) is 13.3 Å². The van der Waals surface area contributed by atoms with Crippen LogP contribution in [0.1, 0.15) is 20.8 Å². The summed E-state index contributed by atoms with van der Waals surface area (Å²) in [5, 5.41) is 9.59. The van der Waals surface area contributed by atoms with Crippen LogP contribution in [0.15, 0.2) is 54.6 Å². The maximum Gasteiger partial charge on any atom is 0.177 e. The minimum absolute atomic E-state index is 0.0256. The number of carbonyl (C=O) groups is 1. The summed E-state index contributed by atoms with van der Waals surface area (Å²) in [6, 6.07) is 15.2. The van der Waals surface area contributed by atoms with Gasteiger partial charge in [0.1, 0.15) is 11.6 Å². The van der Waals surface area contributed by atoms with Gasteiger partial charge in [0, 0.05) is 11.3 Å². The maximum atomic E-state index is 13.2. The lowest BCUT2D eigenvalue weighted by molar-refractivity contribution is 0.0997. The average Bonchev–Trinajstić information content (AvgIpc) is 3.00. The van der Waals surface area contributed by atoms with Gasteiger partial charge in [-0.3, -0.25) is 4.79 Å². The summed E-state index contributed by atoms with van der Waals surface area (Å²) in [6.45, 7) is 1.84. The molecule has 0 bridgehead atoms. The van der Waals surface area contributed by atoms with Crippen LogP contribution >= 0.6 is 11.3 Å². The van der Waals surface area contributed by atoms with Crippen LogP contribution in [0, 0.1) is 12.7 Å². The lowest BCUT2D eigenvalue weighted by Gasteiger charge is -2.02. The van der Waals surface area contributed by atoms with E-state index in [4.69, 9.17) is 0 Å². The first-order valence-corrected chi connectivity index (χ1v) is 8.02. The zero-order valence-corrected chi connectivity index (χ0v) is 13.4. The van der Waals surface area contributed by atoms with Crippen molar-refractivity contribution in [1.29, 1.82) is 0 Å². The van der Waals surface area contributed by atoms with Crippen LogP contribution in [0.25, 0.3) is 10.4 Å². The number of aromatic hydroxyl groups is 1. The molecule has 0 unspecified atom stereocenters. The molecule has 0 aliphatic rings. The number of hydrogen-bond donors (Lipinski definition) is 1. The number of Topliss-reactive ketones (excluding diaryl/α,β-unsaturated/α-hetero) is 1. The van der Waals surface area contributed by atoms with Gasteiger partial charge in [-0.05, 0) is 66.1 Å². The van der Waals surface area contributed by atoms with Gasteiger partial charge < -0.3 is 5.11 Å². The first-order chi connectivity index (χ1) is 11.0. The number of carbonyl (C=O) groups excluding carboxylic acids is 1. The minimum Gasteiger partial charge on any atom is -0.508 e. The summed E-state index contributed by atoms with van der Waals surface area (Å²) in [7, 11) is 0. The Labute approximate surface area is 137 Å². The summed E-state index contributed by atoms with van der Waals surface area (Å²) in [5.41, 5.74) is 2.43. The summed E-state index contributed by atoms with van der Waals surface area (Å²) in [4.78, 5) is 14.0. The highest BCUT2D eigenvalue weighted by molar-refractivity contribution is 7.17. The summed E-state index contributed by atoms with van der Waals surface area (Å²) in [5.74, 6) is -0.100. The van der Waals surface area contributed by atoms with Crippen molar-refractivity contribution in [1.82, 2.24) is 0 Å². The van der Waals surface area contributed by atoms with Crippen LogP contribution in [0.3, 0.4) is 0 Å². The van der Waals surface area contributed by atoms with E-state index in [1.165, 1.54) is 23.5 Å². The smallest absolute Gasteiger partial charge is 0.177 e. The number of benzene rings is 2. The van der Waals surface area contributed by atoms with E-state index in [0.29, 0.717) is 10.4 Å². The Kier molecular flexibility index (Phi) is 4.26. The normalized spacial score (nSPS) is 10.7. The van der Waals surface area contributed by atoms with Crippen LogP contribution < -0.4 is 0 Å². The molecular formula is C19H15FO2S. The van der Waals surface area contributed by atoms with Gasteiger partial charge in [0.05, 0.1) is 4.88 Å². The van der Waals surface area contributed by atoms with Crippen LogP contribution in [-0.2, 0) is 6.42 Å². The molecule has 0 saturated carbocycles. The Balaban J connectivity index is 1.81. The van der Waals surface area contributed by atoms with E-state index in [9.17, 15) is 14.3 Å². The molecule has 2 aromatic carbocycles. The molecule has 3 rings (SSSR count). The Bertz CT molecular complexity index is 867. The molecule has 0 atom stereocenters. The molecule has 1 aromatic heterocycles. The molecule has 116 valence electrons. The number of hydrogen-bond acceptors (Lipinski definition) is 3. The molecule has 0 amide bonds. The maximum absolute atomic E-state index is 13.2. The van der Waals surface area contributed by atoms with Crippen molar-refractivity contribution in [3.05, 3.63) is 76.4 Å². The number of rotatable bonds is 4. The molecule has 1 N–H and O–H groups in total. The number of phenolic OH excluding ortho intramolecular Hbond substituents is 1. The molecular weight excluding hydrogens is 311 g/mol. The van der Waals surface area contributed by atoms with Crippen molar-refractivity contribution in [2.75, 3.05) is 0 Å². The van der Waals surface area contributed by atoms with E-state index >= 15 is 0 Å². The van der Waals surface area contributed by atoms with Gasteiger partial charge in [-0.1, -0.05) is 12.1 Å². The second-order valence-corrected chi connectivity index (χ2v) is 6.48. The Hall–Kier alpha value is -2.46. The third-order valence-corrected chi connectivity index (χ3v) is 4.79. The fraction of sp³-hybridized carbons (Fsp3) is 0.105. The first kappa shape index (κ1) is 15.4. The number of halogens is 1. The second-order valence-electron chi connectivity index (χ2n) is 5.40. The van der Waals surface area contributed by atoms with E-state index in [1.807, 2.05) is 25.1 Å². The number of ketones is 1. The third kappa shape index (κ3) is 3.48. The standard InChI is InChI=1S/C19H15FO2S/c1-12-9-14(5-6-16(12)21)18-7-8-19(23-18)17(22)11-13-3-2-4-15(20)10-13/h2-10,21H,11H2,1H3. The van der Waals surface area contributed by atoms with Crippen molar-refractivity contribution in [2.24, 2.45) is 0 Å². The molecule has 0 aliphatic heterocycles. The van der Waals surface area contributed by atoms with Crippen LogP contribution in [0.5, 0.6) is 5.75 Å². The predicted molar refractivity (Wildman–Crippen MR) is 90.6 cm³/mol. The van der Waals surface area contributed by atoms with Gasteiger partial charge in [0.2, 0.25) is 0 Å². The molecule has 2 nitrogen and oxygen atoms in total. The summed E-state index contributed by atoms with van der Waals surface area (Å²) in [6.07, 6.45) is 0.187. The molecule has 23 heavy (non-hydrogen) atoms. The molecule has 0 spiro atoms. The molecule has 0 fully saturated rings. The second kappa shape index (κ2) is 6.34. The largest absolute Gasteiger partial charge is 0.508 e. The Morgan fingerprint density at radius 1 is 1.13 bits per heavy atom. The zero-order chi connectivity index (χ0) is 16.4. The Morgan fingerprint density at radius 3 is 2.70 bits per heavy atom. The predicted octanol–water partition coefficient (Wildman–Crippen LogP) is 4.99. The highest BCUT2D eigenvalue weighted by atomic mass is 32.1. The third-order valence-electron chi connectivity index (χ3n) is 3.62. The molecule has 0 aliphatic carbocycles. The summed E-state index contributed by atoms with van der Waals surface area (Å²) >= 11 is 1.41. The minimum atomic E-state index is -0.332. The molecule has 3 aromatic rings. The van der Waals surface area contributed by atoms with Crippen molar-refractivity contribution < 1.29 is 14.3 Å². The van der Waals surface area contributed by atoms with Crippen molar-refractivity contribution in [3.63, 3.8) is 0 Å². The fourth-order valence-electron chi connectivity index (χ4n) is 2.37. The lowest BCUT2D eigenvalue weighted by atomic mass is 10.1. The Morgan fingerprint density at radius 2 is 1.96 bits per heavy atom. The topological polar surface area (TPSA) is 37.3 Å². The van der Waals surface area contributed by atoms with Gasteiger partial charge in [-0.25, -0.2) is 4.39 Å². The molecule has 0 saturated heterocycles. The van der Waals surface area contributed by atoms with Crippen LogP contribution in [0.2, 0.25) is 0 Å². The molecule has 1 heterocycles. The fourth-order valence-corrected chi connectivity index (χ4v) is 3.31. The van der Waals surface area contributed by atoms with Crippen molar-refractivity contribution >= 4 is 17.1 Å². The van der Waals surface area contributed by atoms with Crippen LogP contribution in [0.4, 0.5) is 4.39 Å². The van der Waals surface area contributed by atoms with Crippen LogP contribution in [-0.4, -0.2) is 10.9 Å². The average molecular weight is 326 g/mol. The van der Waals surface area contributed by atoms with Gasteiger partial charge in [0.25, 0.3) is 0 Å². The van der Waals surface area contributed by atoms with E-state index < -0.39 is 0 Å². The van der Waals surface area contributed by atoms with Gasteiger partial charge >= 0.3 is 0 Å². The zero-order valence-electron chi connectivity index (χ0n) is 12.5. The lowest BCUT2D eigenvalue weighted by Crippen LogP contribution is -2.01. The molecule has 4 heteroatoms. The summed E-state index contributed by atoms with van der Waals surface area (Å²) < 4.78 is 13.2. The SMILES string of the molecule is Cc1cc(-c2ccc(C(=O)Cc3cccc(F)c3)s2)ccc1O. The van der Waals surface area contributed by atoms with E-state index in [-0.39, 0.29) is 23.8 Å².